The summed E-state index contributed by atoms with van der Waals surface area (Å²) in [5.41, 5.74) is -2.16. The molecule has 0 bridgehead atoms. The van der Waals surface area contributed by atoms with E-state index in [2.05, 4.69) is 0 Å². The smallest absolute Gasteiger partial charge is 0.401 e. The number of carboxylic acids is 1. The summed E-state index contributed by atoms with van der Waals surface area (Å²) in [4.78, 5) is 11.1. The number of carboxylic acid groups (broad SMARTS) is 1. The lowest BCUT2D eigenvalue weighted by molar-refractivity contribution is -0.193. The predicted octanol–water partition coefficient (Wildman–Crippen LogP) is 2.71. The predicted molar refractivity (Wildman–Crippen MR) is 52.4 cm³/mol. The first-order valence-corrected chi connectivity index (χ1v) is 5.58. The van der Waals surface area contributed by atoms with E-state index in [4.69, 9.17) is 5.11 Å². The van der Waals surface area contributed by atoms with Crippen LogP contribution in [0.15, 0.2) is 0 Å². The molecule has 9 heteroatoms. The van der Waals surface area contributed by atoms with E-state index in [0.717, 1.165) is 0 Å². The van der Waals surface area contributed by atoms with Crippen LogP contribution in [0.3, 0.4) is 0 Å². The number of aliphatic carboxylic acids is 1. The molecule has 0 aromatic heterocycles. The van der Waals surface area contributed by atoms with Gasteiger partial charge in [0.25, 0.3) is 0 Å². The first-order chi connectivity index (χ1) is 8.46. The second kappa shape index (κ2) is 5.18. The van der Waals surface area contributed by atoms with Gasteiger partial charge in [-0.15, -0.1) is 0 Å². The molecule has 1 aliphatic carbocycles. The Hall–Kier alpha value is -0.990. The van der Waals surface area contributed by atoms with Gasteiger partial charge in [0.1, 0.15) is 5.54 Å². The van der Waals surface area contributed by atoms with Crippen LogP contribution in [0.1, 0.15) is 25.7 Å². The third-order valence-electron chi connectivity index (χ3n) is 3.25. The van der Waals surface area contributed by atoms with Gasteiger partial charge in [-0.1, -0.05) is 6.42 Å². The fraction of sp³-hybridized carbons (Fsp3) is 0.900. The van der Waals surface area contributed by atoms with E-state index in [9.17, 15) is 31.1 Å². The fourth-order valence-corrected chi connectivity index (χ4v) is 2.25. The Balaban J connectivity index is 2.84. The Morgan fingerprint density at radius 1 is 1.26 bits per heavy atom. The first kappa shape index (κ1) is 16.1. The van der Waals surface area contributed by atoms with Gasteiger partial charge in [-0.3, -0.25) is 10.1 Å². The average Bonchev–Trinajstić information content (AvgIpc) is 2.24. The Labute approximate surface area is 105 Å². The summed E-state index contributed by atoms with van der Waals surface area (Å²) in [5.74, 6) is -3.57. The standard InChI is InChI=1S/C10H13F6NO2/c11-9(12,13)5-17-8(7(18)19)3-1-2-6(4-8)10(14,15)16/h6,17H,1-5H2,(H,18,19). The molecule has 1 saturated carbocycles. The van der Waals surface area contributed by atoms with Crippen LogP contribution in [0, 0.1) is 5.92 Å². The highest BCUT2D eigenvalue weighted by atomic mass is 19.4. The molecule has 0 aromatic rings. The Kier molecular flexibility index (Phi) is 4.38. The summed E-state index contributed by atoms with van der Waals surface area (Å²) in [5, 5.41) is 10.7. The van der Waals surface area contributed by atoms with Crippen molar-refractivity contribution < 1.29 is 36.2 Å². The van der Waals surface area contributed by atoms with Crippen LogP contribution in [-0.2, 0) is 4.79 Å². The number of rotatable bonds is 3. The molecule has 1 aliphatic rings. The van der Waals surface area contributed by atoms with Crippen molar-refractivity contribution in [3.8, 4) is 0 Å². The largest absolute Gasteiger partial charge is 0.480 e. The molecule has 0 saturated heterocycles. The van der Waals surface area contributed by atoms with Gasteiger partial charge in [-0.2, -0.15) is 26.3 Å². The molecule has 112 valence electrons. The SMILES string of the molecule is O=C(O)C1(NCC(F)(F)F)CCCC(C(F)(F)F)C1. The van der Waals surface area contributed by atoms with Crippen molar-refractivity contribution in [3.05, 3.63) is 0 Å². The molecule has 2 N–H and O–H groups in total. The molecule has 3 nitrogen and oxygen atoms in total. The second-order valence-corrected chi connectivity index (χ2v) is 4.69. The summed E-state index contributed by atoms with van der Waals surface area (Å²) in [6, 6.07) is 0. The zero-order valence-corrected chi connectivity index (χ0v) is 9.74. The van der Waals surface area contributed by atoms with Gasteiger partial charge in [-0.25, -0.2) is 0 Å². The molecule has 1 rings (SSSR count). The topological polar surface area (TPSA) is 49.3 Å². The van der Waals surface area contributed by atoms with E-state index in [1.54, 1.807) is 5.32 Å². The lowest BCUT2D eigenvalue weighted by Crippen LogP contribution is -2.58. The lowest BCUT2D eigenvalue weighted by atomic mass is 9.75. The summed E-state index contributed by atoms with van der Waals surface area (Å²) < 4.78 is 74.0. The van der Waals surface area contributed by atoms with Gasteiger partial charge in [0, 0.05) is 0 Å². The Morgan fingerprint density at radius 2 is 1.84 bits per heavy atom. The summed E-state index contributed by atoms with van der Waals surface area (Å²) in [7, 11) is 0. The first-order valence-electron chi connectivity index (χ1n) is 5.58. The highest BCUT2D eigenvalue weighted by Gasteiger charge is 2.51. The quantitative estimate of drug-likeness (QED) is 0.787. The summed E-state index contributed by atoms with van der Waals surface area (Å²) in [6.07, 6.45) is -10.7. The number of hydrogen-bond acceptors (Lipinski definition) is 2. The molecular formula is C10H13F6NO2. The van der Waals surface area contributed by atoms with Crippen LogP contribution in [-0.4, -0.2) is 35.5 Å². The number of halogens is 6. The number of hydrogen-bond donors (Lipinski definition) is 2. The molecule has 0 spiro atoms. The van der Waals surface area contributed by atoms with Crippen molar-refractivity contribution >= 4 is 5.97 Å². The number of carbonyl (C=O) groups is 1. The normalized spacial score (nSPS) is 29.3. The highest BCUT2D eigenvalue weighted by molar-refractivity contribution is 5.79. The molecule has 0 radical (unpaired) electrons. The van der Waals surface area contributed by atoms with Gasteiger partial charge in [0.05, 0.1) is 12.5 Å². The molecule has 19 heavy (non-hydrogen) atoms. The van der Waals surface area contributed by atoms with Crippen molar-refractivity contribution in [1.82, 2.24) is 5.32 Å². The Morgan fingerprint density at radius 3 is 2.26 bits per heavy atom. The zero-order chi connectivity index (χ0) is 14.9. The van der Waals surface area contributed by atoms with E-state index in [-0.39, 0.29) is 19.3 Å². The number of alkyl halides is 6. The molecule has 2 unspecified atom stereocenters. The van der Waals surface area contributed by atoms with Crippen molar-refractivity contribution in [2.75, 3.05) is 6.54 Å². The van der Waals surface area contributed by atoms with Crippen molar-refractivity contribution in [1.29, 1.82) is 0 Å². The van der Waals surface area contributed by atoms with Gasteiger partial charge in [0.2, 0.25) is 0 Å². The monoisotopic (exact) mass is 293 g/mol. The minimum absolute atomic E-state index is 0.0820. The van der Waals surface area contributed by atoms with Crippen LogP contribution in [0.5, 0.6) is 0 Å². The maximum atomic E-state index is 12.6. The van der Waals surface area contributed by atoms with Gasteiger partial charge < -0.3 is 5.11 Å². The Bertz CT molecular complexity index is 340. The van der Waals surface area contributed by atoms with E-state index >= 15 is 0 Å². The van der Waals surface area contributed by atoms with Crippen molar-refractivity contribution in [2.24, 2.45) is 5.92 Å². The van der Waals surface area contributed by atoms with E-state index < -0.39 is 42.7 Å². The molecule has 0 heterocycles. The van der Waals surface area contributed by atoms with Crippen molar-refractivity contribution in [2.45, 2.75) is 43.6 Å². The van der Waals surface area contributed by atoms with E-state index in [1.165, 1.54) is 0 Å². The second-order valence-electron chi connectivity index (χ2n) is 4.69. The fourth-order valence-electron chi connectivity index (χ4n) is 2.25. The maximum Gasteiger partial charge on any atom is 0.401 e. The molecule has 1 fully saturated rings. The third kappa shape index (κ3) is 4.26. The molecule has 0 aromatic carbocycles. The summed E-state index contributed by atoms with van der Waals surface area (Å²) >= 11 is 0. The van der Waals surface area contributed by atoms with Gasteiger partial charge >= 0.3 is 18.3 Å². The van der Waals surface area contributed by atoms with Crippen LogP contribution < -0.4 is 5.32 Å². The van der Waals surface area contributed by atoms with Crippen LogP contribution in [0.4, 0.5) is 26.3 Å². The molecule has 0 amide bonds. The summed E-state index contributed by atoms with van der Waals surface area (Å²) in [6.45, 7) is -1.62. The minimum Gasteiger partial charge on any atom is -0.480 e. The van der Waals surface area contributed by atoms with Crippen LogP contribution in [0.25, 0.3) is 0 Å². The molecular weight excluding hydrogens is 280 g/mol. The lowest BCUT2D eigenvalue weighted by Gasteiger charge is -2.39. The van der Waals surface area contributed by atoms with E-state index in [1.807, 2.05) is 0 Å². The zero-order valence-electron chi connectivity index (χ0n) is 9.74. The highest BCUT2D eigenvalue weighted by Crippen LogP contribution is 2.42. The molecule has 0 aliphatic heterocycles. The third-order valence-corrected chi connectivity index (χ3v) is 3.25. The minimum atomic E-state index is -4.67. The van der Waals surface area contributed by atoms with Crippen molar-refractivity contribution in [3.63, 3.8) is 0 Å². The molecule has 2 atom stereocenters. The van der Waals surface area contributed by atoms with Gasteiger partial charge in [-0.05, 0) is 19.3 Å². The van der Waals surface area contributed by atoms with Gasteiger partial charge in [0.15, 0.2) is 0 Å². The number of nitrogens with one attached hydrogen (secondary N) is 1. The maximum absolute atomic E-state index is 12.6. The van der Waals surface area contributed by atoms with Crippen LogP contribution in [0.2, 0.25) is 0 Å². The average molecular weight is 293 g/mol. The van der Waals surface area contributed by atoms with Crippen LogP contribution >= 0.6 is 0 Å². The van der Waals surface area contributed by atoms with E-state index in [0.29, 0.717) is 0 Å².